The highest BCUT2D eigenvalue weighted by Crippen LogP contribution is 2.25. The molecular formula is C15H13N3O. The molecular weight excluding hydrogens is 238 g/mol. The molecule has 1 aromatic carbocycles. The molecule has 1 fully saturated rings. The Kier molecular flexibility index (Phi) is 3.95. The summed E-state index contributed by atoms with van der Waals surface area (Å²) in [6, 6.07) is 12.8. The topological polar surface area (TPSA) is 67.9 Å². The van der Waals surface area contributed by atoms with Crippen LogP contribution in [0, 0.1) is 22.7 Å². The molecule has 19 heavy (non-hydrogen) atoms. The van der Waals surface area contributed by atoms with E-state index in [0.29, 0.717) is 17.7 Å². The number of ketones is 1. The molecule has 1 aliphatic heterocycles. The van der Waals surface area contributed by atoms with Crippen molar-refractivity contribution in [2.24, 2.45) is 0 Å². The summed E-state index contributed by atoms with van der Waals surface area (Å²) in [7, 11) is 0. The van der Waals surface area contributed by atoms with Crippen LogP contribution in [-0.4, -0.2) is 23.8 Å². The number of allylic oxidation sites excluding steroid dienone is 2. The average Bonchev–Trinajstić information content (AvgIpc) is 2.89. The van der Waals surface area contributed by atoms with Crippen molar-refractivity contribution in [1.82, 2.24) is 4.90 Å². The number of hydrogen-bond donors (Lipinski definition) is 0. The molecule has 0 bridgehead atoms. The number of Topliss-reactive ketones (excluding diaryl/α,β-unsaturated/α-hetero) is 1. The molecule has 1 aromatic rings. The lowest BCUT2D eigenvalue weighted by molar-refractivity contribution is 0.103. The van der Waals surface area contributed by atoms with Crippen molar-refractivity contribution in [3.05, 3.63) is 47.2 Å². The maximum absolute atomic E-state index is 12.3. The van der Waals surface area contributed by atoms with Crippen molar-refractivity contribution in [2.45, 2.75) is 12.8 Å². The van der Waals surface area contributed by atoms with Crippen LogP contribution < -0.4 is 0 Å². The van der Waals surface area contributed by atoms with Crippen molar-refractivity contribution in [3.8, 4) is 12.1 Å². The van der Waals surface area contributed by atoms with Crippen LogP contribution in [0.15, 0.2) is 41.6 Å². The molecule has 0 aromatic heterocycles. The van der Waals surface area contributed by atoms with Crippen LogP contribution in [0.3, 0.4) is 0 Å². The second-order valence-electron chi connectivity index (χ2n) is 4.31. The standard InChI is InChI=1S/C15H13N3O/c16-8-10-18-9-4-7-14(18)13(11-17)15(19)12-5-2-1-3-6-12/h1-3,5-6H,4,7,9-10H2/b14-13+. The zero-order chi connectivity index (χ0) is 13.7. The maximum atomic E-state index is 12.3. The van der Waals surface area contributed by atoms with Crippen molar-refractivity contribution in [2.75, 3.05) is 13.1 Å². The molecule has 0 radical (unpaired) electrons. The Morgan fingerprint density at radius 2 is 2.00 bits per heavy atom. The molecule has 0 saturated carbocycles. The quantitative estimate of drug-likeness (QED) is 0.357. The predicted octanol–water partition coefficient (Wildman–Crippen LogP) is 2.27. The second kappa shape index (κ2) is 5.84. The van der Waals surface area contributed by atoms with Crippen molar-refractivity contribution >= 4 is 5.78 Å². The Balaban J connectivity index is 2.38. The van der Waals surface area contributed by atoms with E-state index in [1.54, 1.807) is 24.3 Å². The summed E-state index contributed by atoms with van der Waals surface area (Å²) >= 11 is 0. The largest absolute Gasteiger partial charge is 0.360 e. The Morgan fingerprint density at radius 3 is 2.63 bits per heavy atom. The van der Waals surface area contributed by atoms with Crippen LogP contribution in [-0.2, 0) is 0 Å². The van der Waals surface area contributed by atoms with E-state index in [-0.39, 0.29) is 17.9 Å². The summed E-state index contributed by atoms with van der Waals surface area (Å²) in [4.78, 5) is 14.1. The molecule has 4 nitrogen and oxygen atoms in total. The molecule has 0 unspecified atom stereocenters. The van der Waals surface area contributed by atoms with Gasteiger partial charge in [-0.3, -0.25) is 4.79 Å². The van der Waals surface area contributed by atoms with Gasteiger partial charge in [0.15, 0.2) is 0 Å². The number of benzene rings is 1. The third-order valence-corrected chi connectivity index (χ3v) is 3.15. The number of nitriles is 2. The Bertz CT molecular complexity index is 590. The molecule has 0 spiro atoms. The minimum atomic E-state index is -0.261. The lowest BCUT2D eigenvalue weighted by Crippen LogP contribution is -2.21. The highest BCUT2D eigenvalue weighted by atomic mass is 16.1. The fourth-order valence-electron chi connectivity index (χ4n) is 2.25. The Hall–Kier alpha value is -2.59. The highest BCUT2D eigenvalue weighted by Gasteiger charge is 2.24. The first kappa shape index (κ1) is 12.9. The molecule has 0 amide bonds. The molecule has 2 rings (SSSR count). The van der Waals surface area contributed by atoms with Gasteiger partial charge in [-0.2, -0.15) is 10.5 Å². The van der Waals surface area contributed by atoms with Gasteiger partial charge in [-0.15, -0.1) is 0 Å². The fourth-order valence-corrected chi connectivity index (χ4v) is 2.25. The van der Waals surface area contributed by atoms with Crippen molar-refractivity contribution in [3.63, 3.8) is 0 Å². The number of likely N-dealkylation sites (tertiary alicyclic amines) is 1. The van der Waals surface area contributed by atoms with E-state index in [1.165, 1.54) is 0 Å². The van der Waals surface area contributed by atoms with Gasteiger partial charge >= 0.3 is 0 Å². The smallest absolute Gasteiger partial charge is 0.205 e. The van der Waals surface area contributed by atoms with Crippen LogP contribution in [0.2, 0.25) is 0 Å². The van der Waals surface area contributed by atoms with Gasteiger partial charge < -0.3 is 4.90 Å². The molecule has 1 heterocycles. The minimum absolute atomic E-state index is 0.166. The van der Waals surface area contributed by atoms with Crippen molar-refractivity contribution < 1.29 is 4.79 Å². The molecule has 1 saturated heterocycles. The highest BCUT2D eigenvalue weighted by molar-refractivity contribution is 6.11. The molecule has 94 valence electrons. The fraction of sp³-hybridized carbons (Fsp3) is 0.267. The van der Waals surface area contributed by atoms with E-state index >= 15 is 0 Å². The molecule has 0 atom stereocenters. The number of hydrogen-bond acceptors (Lipinski definition) is 4. The summed E-state index contributed by atoms with van der Waals surface area (Å²) < 4.78 is 0. The average molecular weight is 251 g/mol. The lowest BCUT2D eigenvalue weighted by Gasteiger charge is -2.17. The van der Waals surface area contributed by atoms with Crippen LogP contribution in [0.4, 0.5) is 0 Å². The third kappa shape index (κ3) is 2.64. The number of rotatable bonds is 3. The van der Waals surface area contributed by atoms with Gasteiger partial charge in [-0.05, 0) is 12.8 Å². The van der Waals surface area contributed by atoms with Crippen LogP contribution in [0.25, 0.3) is 0 Å². The first-order chi connectivity index (χ1) is 9.27. The summed E-state index contributed by atoms with van der Waals surface area (Å²) in [5.74, 6) is -0.261. The first-order valence-corrected chi connectivity index (χ1v) is 6.13. The van der Waals surface area contributed by atoms with Gasteiger partial charge in [-0.25, -0.2) is 0 Å². The number of carbonyl (C=O) groups excluding carboxylic acids is 1. The van der Waals surface area contributed by atoms with Gasteiger partial charge in [0.25, 0.3) is 0 Å². The molecule has 0 N–H and O–H groups in total. The molecule has 0 aliphatic carbocycles. The van der Waals surface area contributed by atoms with Gasteiger partial charge in [0.05, 0.1) is 6.07 Å². The van der Waals surface area contributed by atoms with Crippen LogP contribution in [0.1, 0.15) is 23.2 Å². The van der Waals surface area contributed by atoms with E-state index in [2.05, 4.69) is 6.07 Å². The van der Waals surface area contributed by atoms with E-state index in [9.17, 15) is 10.1 Å². The molecule has 4 heteroatoms. The second-order valence-corrected chi connectivity index (χ2v) is 4.31. The zero-order valence-corrected chi connectivity index (χ0v) is 10.5. The van der Waals surface area contributed by atoms with Crippen LogP contribution in [0.5, 0.6) is 0 Å². The SMILES string of the molecule is N#CCN1CCC/C1=C(/C#N)C(=O)c1ccccc1. The summed E-state index contributed by atoms with van der Waals surface area (Å²) in [6.07, 6.45) is 1.56. The number of nitrogens with zero attached hydrogens (tertiary/aromatic N) is 3. The summed E-state index contributed by atoms with van der Waals surface area (Å²) in [5.41, 5.74) is 1.38. The lowest BCUT2D eigenvalue weighted by atomic mass is 10.0. The van der Waals surface area contributed by atoms with E-state index in [1.807, 2.05) is 17.0 Å². The Labute approximate surface area is 112 Å². The first-order valence-electron chi connectivity index (χ1n) is 6.13. The van der Waals surface area contributed by atoms with Gasteiger partial charge in [0.2, 0.25) is 5.78 Å². The van der Waals surface area contributed by atoms with Crippen molar-refractivity contribution in [1.29, 1.82) is 10.5 Å². The van der Waals surface area contributed by atoms with Gasteiger partial charge in [-0.1, -0.05) is 30.3 Å². The van der Waals surface area contributed by atoms with Crippen LogP contribution >= 0.6 is 0 Å². The normalized spacial score (nSPS) is 16.6. The Morgan fingerprint density at radius 1 is 1.26 bits per heavy atom. The van der Waals surface area contributed by atoms with E-state index in [4.69, 9.17) is 5.26 Å². The monoisotopic (exact) mass is 251 g/mol. The van der Waals surface area contributed by atoms with E-state index in [0.717, 1.165) is 13.0 Å². The number of carbonyl (C=O) groups is 1. The van der Waals surface area contributed by atoms with E-state index < -0.39 is 0 Å². The predicted molar refractivity (Wildman–Crippen MR) is 69.8 cm³/mol. The maximum Gasteiger partial charge on any atom is 0.205 e. The summed E-state index contributed by atoms with van der Waals surface area (Å²) in [6.45, 7) is 0.957. The van der Waals surface area contributed by atoms with Gasteiger partial charge in [0, 0.05) is 17.8 Å². The molecule has 1 aliphatic rings. The third-order valence-electron chi connectivity index (χ3n) is 3.15. The van der Waals surface area contributed by atoms with Gasteiger partial charge in [0.1, 0.15) is 18.2 Å². The minimum Gasteiger partial charge on any atom is -0.360 e. The summed E-state index contributed by atoms with van der Waals surface area (Å²) in [5, 5.41) is 18.0. The zero-order valence-electron chi connectivity index (χ0n) is 10.5.